The van der Waals surface area contributed by atoms with Crippen molar-refractivity contribution in [1.29, 1.82) is 0 Å². The van der Waals surface area contributed by atoms with Gasteiger partial charge in [-0.2, -0.15) is 5.10 Å². The number of nitrogens with zero attached hydrogens (tertiary/aromatic N) is 1. The van der Waals surface area contributed by atoms with Gasteiger partial charge in [-0.1, -0.05) is 37.3 Å². The van der Waals surface area contributed by atoms with Gasteiger partial charge in [0.1, 0.15) is 5.75 Å². The molecular formula is C19H20N2O2. The number of carbonyl (C=O) groups is 1. The van der Waals surface area contributed by atoms with E-state index in [9.17, 15) is 9.90 Å². The number of benzene rings is 2. The number of hydrogen-bond acceptors (Lipinski definition) is 3. The fourth-order valence-electron chi connectivity index (χ4n) is 2.87. The molecule has 3 rings (SSSR count). The standard InChI is InChI=1S/C19H20N2O2/c1-13(14-8-10-16(22)11-9-14)20-21-18(23)17-12-19(17,2)15-6-4-3-5-7-15/h3-11,17,22H,12H2,1-2H3,(H,21,23)/b20-13+/t17-,19-/m1/s1. The first-order valence-electron chi connectivity index (χ1n) is 7.70. The quantitative estimate of drug-likeness (QED) is 0.673. The molecule has 2 aromatic carbocycles. The van der Waals surface area contributed by atoms with Gasteiger partial charge in [-0.15, -0.1) is 0 Å². The number of nitrogens with one attached hydrogen (secondary N) is 1. The van der Waals surface area contributed by atoms with E-state index < -0.39 is 0 Å². The zero-order valence-corrected chi connectivity index (χ0v) is 13.3. The maximum atomic E-state index is 12.3. The van der Waals surface area contributed by atoms with Gasteiger partial charge in [-0.25, -0.2) is 5.43 Å². The lowest BCUT2D eigenvalue weighted by molar-refractivity contribution is -0.122. The Morgan fingerprint density at radius 2 is 1.83 bits per heavy atom. The Morgan fingerprint density at radius 3 is 2.48 bits per heavy atom. The van der Waals surface area contributed by atoms with E-state index in [0.29, 0.717) is 5.71 Å². The highest BCUT2D eigenvalue weighted by molar-refractivity contribution is 5.99. The van der Waals surface area contributed by atoms with Gasteiger partial charge in [0.25, 0.3) is 0 Å². The zero-order valence-electron chi connectivity index (χ0n) is 13.3. The highest BCUT2D eigenvalue weighted by atomic mass is 16.3. The minimum atomic E-state index is -0.0900. The molecule has 2 N–H and O–H groups in total. The van der Waals surface area contributed by atoms with E-state index in [1.165, 1.54) is 5.56 Å². The fraction of sp³-hybridized carbons (Fsp3) is 0.263. The van der Waals surface area contributed by atoms with Gasteiger partial charge in [-0.05, 0) is 48.7 Å². The van der Waals surface area contributed by atoms with Crippen LogP contribution in [0.25, 0.3) is 0 Å². The topological polar surface area (TPSA) is 61.7 Å². The zero-order chi connectivity index (χ0) is 16.4. The summed E-state index contributed by atoms with van der Waals surface area (Å²) >= 11 is 0. The third-order valence-electron chi connectivity index (χ3n) is 4.61. The van der Waals surface area contributed by atoms with Gasteiger partial charge >= 0.3 is 0 Å². The van der Waals surface area contributed by atoms with Crippen LogP contribution in [-0.2, 0) is 10.2 Å². The average molecular weight is 308 g/mol. The second-order valence-electron chi connectivity index (χ2n) is 6.26. The van der Waals surface area contributed by atoms with Crippen LogP contribution in [0.3, 0.4) is 0 Å². The molecule has 0 aromatic heterocycles. The van der Waals surface area contributed by atoms with E-state index in [0.717, 1.165) is 12.0 Å². The predicted octanol–water partition coefficient (Wildman–Crippen LogP) is 3.21. The predicted molar refractivity (Wildman–Crippen MR) is 90.4 cm³/mol. The SMILES string of the molecule is C/C(=N\NC(=O)[C@H]1C[C@]1(C)c1ccccc1)c1ccc(O)cc1. The molecule has 1 aliphatic rings. The minimum Gasteiger partial charge on any atom is -0.508 e. The number of rotatable bonds is 4. The number of aromatic hydroxyl groups is 1. The number of amides is 1. The normalized spacial score (nSPS) is 23.4. The van der Waals surface area contributed by atoms with Crippen molar-refractivity contribution in [2.75, 3.05) is 0 Å². The van der Waals surface area contributed by atoms with Crippen LogP contribution in [0.4, 0.5) is 0 Å². The van der Waals surface area contributed by atoms with E-state index >= 15 is 0 Å². The van der Waals surface area contributed by atoms with Crippen molar-refractivity contribution in [1.82, 2.24) is 5.43 Å². The second kappa shape index (κ2) is 5.88. The van der Waals surface area contributed by atoms with Crippen LogP contribution in [0.2, 0.25) is 0 Å². The molecule has 0 radical (unpaired) electrons. The molecule has 0 aliphatic heterocycles. The first-order chi connectivity index (χ1) is 11.0. The van der Waals surface area contributed by atoms with Crippen LogP contribution in [0.5, 0.6) is 5.75 Å². The van der Waals surface area contributed by atoms with Gasteiger partial charge in [0.15, 0.2) is 0 Å². The Labute approximate surface area is 135 Å². The Morgan fingerprint density at radius 1 is 1.17 bits per heavy atom. The average Bonchev–Trinajstić information content (AvgIpc) is 3.27. The largest absolute Gasteiger partial charge is 0.508 e. The summed E-state index contributed by atoms with van der Waals surface area (Å²) in [6, 6.07) is 16.9. The lowest BCUT2D eigenvalue weighted by atomic mass is 9.95. The molecule has 0 spiro atoms. The highest BCUT2D eigenvalue weighted by Crippen LogP contribution is 2.53. The Bertz CT molecular complexity index is 738. The summed E-state index contributed by atoms with van der Waals surface area (Å²) in [5.41, 5.74) is 5.35. The van der Waals surface area contributed by atoms with E-state index in [1.807, 2.05) is 25.1 Å². The van der Waals surface area contributed by atoms with Gasteiger partial charge < -0.3 is 5.11 Å². The summed E-state index contributed by atoms with van der Waals surface area (Å²) in [6.07, 6.45) is 0.844. The van der Waals surface area contributed by atoms with Crippen molar-refractivity contribution in [3.63, 3.8) is 0 Å². The van der Waals surface area contributed by atoms with Crippen molar-refractivity contribution >= 4 is 11.6 Å². The molecule has 0 saturated heterocycles. The number of carbonyl (C=O) groups excluding carboxylic acids is 1. The van der Waals surface area contributed by atoms with Crippen molar-refractivity contribution in [2.24, 2.45) is 11.0 Å². The molecule has 0 heterocycles. The Hall–Kier alpha value is -2.62. The molecular weight excluding hydrogens is 288 g/mol. The van der Waals surface area contributed by atoms with Gasteiger partial charge in [0.05, 0.1) is 11.6 Å². The maximum absolute atomic E-state index is 12.3. The lowest BCUT2D eigenvalue weighted by Gasteiger charge is -2.11. The van der Waals surface area contributed by atoms with Crippen LogP contribution >= 0.6 is 0 Å². The molecule has 0 unspecified atom stereocenters. The molecule has 4 nitrogen and oxygen atoms in total. The number of phenolic OH excluding ortho intramolecular Hbond substituents is 1. The van der Waals surface area contributed by atoms with Crippen molar-refractivity contribution in [2.45, 2.75) is 25.7 Å². The Kier molecular flexibility index (Phi) is 3.90. The number of hydrazone groups is 1. The van der Waals surface area contributed by atoms with Crippen molar-refractivity contribution in [3.8, 4) is 5.75 Å². The van der Waals surface area contributed by atoms with Crippen LogP contribution in [0.15, 0.2) is 59.7 Å². The van der Waals surface area contributed by atoms with Crippen molar-refractivity contribution < 1.29 is 9.90 Å². The fourth-order valence-corrected chi connectivity index (χ4v) is 2.87. The van der Waals surface area contributed by atoms with Gasteiger partial charge in [-0.3, -0.25) is 4.79 Å². The first-order valence-corrected chi connectivity index (χ1v) is 7.70. The smallest absolute Gasteiger partial charge is 0.244 e. The Balaban J connectivity index is 1.65. The molecule has 118 valence electrons. The minimum absolute atomic E-state index is 0.0405. The molecule has 23 heavy (non-hydrogen) atoms. The molecule has 1 saturated carbocycles. The summed E-state index contributed by atoms with van der Waals surface area (Å²) in [7, 11) is 0. The van der Waals surface area contributed by atoms with E-state index in [2.05, 4.69) is 29.6 Å². The lowest BCUT2D eigenvalue weighted by Crippen LogP contribution is -2.24. The summed E-state index contributed by atoms with van der Waals surface area (Å²) in [5.74, 6) is 0.123. The molecule has 2 atom stereocenters. The summed E-state index contributed by atoms with van der Waals surface area (Å²) < 4.78 is 0. The van der Waals surface area contributed by atoms with Gasteiger partial charge in [0.2, 0.25) is 5.91 Å². The highest BCUT2D eigenvalue weighted by Gasteiger charge is 2.55. The van der Waals surface area contributed by atoms with Crippen molar-refractivity contribution in [3.05, 3.63) is 65.7 Å². The molecule has 0 bridgehead atoms. The van der Waals surface area contributed by atoms with Gasteiger partial charge in [0, 0.05) is 5.41 Å². The van der Waals surface area contributed by atoms with Crippen LogP contribution in [0, 0.1) is 5.92 Å². The maximum Gasteiger partial charge on any atom is 0.244 e. The third-order valence-corrected chi connectivity index (χ3v) is 4.61. The van der Waals surface area contributed by atoms with E-state index in [1.54, 1.807) is 24.3 Å². The second-order valence-corrected chi connectivity index (χ2v) is 6.26. The summed E-state index contributed by atoms with van der Waals surface area (Å²) in [5, 5.41) is 13.5. The van der Waals surface area contributed by atoms with Crippen LogP contribution < -0.4 is 5.43 Å². The first kappa shape index (κ1) is 15.3. The van der Waals surface area contributed by atoms with E-state index in [4.69, 9.17) is 0 Å². The van der Waals surface area contributed by atoms with Crippen LogP contribution in [-0.4, -0.2) is 16.7 Å². The molecule has 1 amide bonds. The monoisotopic (exact) mass is 308 g/mol. The number of phenols is 1. The summed E-state index contributed by atoms with van der Waals surface area (Å²) in [4.78, 5) is 12.3. The van der Waals surface area contributed by atoms with Crippen LogP contribution in [0.1, 0.15) is 31.4 Å². The molecule has 1 aliphatic carbocycles. The molecule has 2 aromatic rings. The third kappa shape index (κ3) is 3.11. The molecule has 1 fully saturated rings. The number of hydrogen-bond donors (Lipinski definition) is 2. The van der Waals surface area contributed by atoms with E-state index in [-0.39, 0.29) is 23.0 Å². The summed E-state index contributed by atoms with van der Waals surface area (Å²) in [6.45, 7) is 3.94. The molecule has 4 heteroatoms.